The van der Waals surface area contributed by atoms with Crippen molar-refractivity contribution in [3.05, 3.63) is 29.3 Å². The average molecular weight is 176 g/mol. The van der Waals surface area contributed by atoms with E-state index in [0.29, 0.717) is 6.04 Å². The fourth-order valence-corrected chi connectivity index (χ4v) is 1.96. The van der Waals surface area contributed by atoms with Gasteiger partial charge in [-0.15, -0.1) is 0 Å². The zero-order valence-corrected chi connectivity index (χ0v) is 8.01. The van der Waals surface area contributed by atoms with Crippen molar-refractivity contribution in [1.82, 2.24) is 5.32 Å². The minimum atomic E-state index is 0.487. The lowest BCUT2D eigenvalue weighted by molar-refractivity contribution is 0.649. The summed E-state index contributed by atoms with van der Waals surface area (Å²) in [6, 6.07) is 6.81. The third-order valence-corrected chi connectivity index (χ3v) is 2.68. The molecular weight excluding hydrogens is 160 g/mol. The van der Waals surface area contributed by atoms with Gasteiger partial charge in [0.2, 0.25) is 0 Å². The van der Waals surface area contributed by atoms with Gasteiger partial charge in [-0.3, -0.25) is 0 Å². The van der Waals surface area contributed by atoms with E-state index < -0.39 is 0 Å². The summed E-state index contributed by atoms with van der Waals surface area (Å²) in [7, 11) is 0. The van der Waals surface area contributed by atoms with Gasteiger partial charge in [0.1, 0.15) is 0 Å². The molecule has 0 aromatic heterocycles. The highest BCUT2D eigenvalue weighted by Gasteiger charge is 2.17. The summed E-state index contributed by atoms with van der Waals surface area (Å²) in [5, 5.41) is 3.45. The number of anilines is 1. The molecule has 3 N–H and O–H groups in total. The molecule has 1 aliphatic rings. The summed E-state index contributed by atoms with van der Waals surface area (Å²) in [6.45, 7) is 3.19. The molecule has 0 unspecified atom stereocenters. The van der Waals surface area contributed by atoms with E-state index in [0.717, 1.165) is 12.2 Å². The lowest BCUT2D eigenvalue weighted by Gasteiger charge is -2.13. The van der Waals surface area contributed by atoms with Gasteiger partial charge in [0.05, 0.1) is 0 Å². The molecule has 0 aliphatic carbocycles. The first-order valence-corrected chi connectivity index (χ1v) is 4.87. The Balaban J connectivity index is 2.29. The zero-order valence-electron chi connectivity index (χ0n) is 8.01. The molecule has 0 saturated carbocycles. The van der Waals surface area contributed by atoms with Gasteiger partial charge in [0.25, 0.3) is 0 Å². The van der Waals surface area contributed by atoms with Crippen molar-refractivity contribution in [1.29, 1.82) is 0 Å². The largest absolute Gasteiger partial charge is 0.398 e. The Morgan fingerprint density at radius 2 is 2.31 bits per heavy atom. The Labute approximate surface area is 79.1 Å². The topological polar surface area (TPSA) is 38.0 Å². The molecule has 1 aliphatic heterocycles. The molecular formula is C11H16N2. The van der Waals surface area contributed by atoms with Crippen molar-refractivity contribution in [3.8, 4) is 0 Å². The van der Waals surface area contributed by atoms with Crippen molar-refractivity contribution in [3.63, 3.8) is 0 Å². The van der Waals surface area contributed by atoms with Gasteiger partial charge in [-0.2, -0.15) is 0 Å². The van der Waals surface area contributed by atoms with Gasteiger partial charge >= 0.3 is 0 Å². The fraction of sp³-hybridized carbons (Fsp3) is 0.455. The smallest absolute Gasteiger partial charge is 0.0365 e. The Bertz CT molecular complexity index is 301. The molecule has 0 amide bonds. The monoisotopic (exact) mass is 176 g/mol. The van der Waals surface area contributed by atoms with Gasteiger partial charge in [-0.1, -0.05) is 12.1 Å². The van der Waals surface area contributed by atoms with Crippen LogP contribution in [0.4, 0.5) is 5.69 Å². The van der Waals surface area contributed by atoms with Crippen LogP contribution in [0.5, 0.6) is 0 Å². The minimum Gasteiger partial charge on any atom is -0.398 e. The zero-order chi connectivity index (χ0) is 9.26. The van der Waals surface area contributed by atoms with Crippen molar-refractivity contribution < 1.29 is 0 Å². The van der Waals surface area contributed by atoms with E-state index in [1.807, 2.05) is 0 Å². The number of aryl methyl sites for hydroxylation is 1. The van der Waals surface area contributed by atoms with Crippen LogP contribution in [0.15, 0.2) is 18.2 Å². The second-order valence-corrected chi connectivity index (χ2v) is 3.78. The van der Waals surface area contributed by atoms with E-state index in [4.69, 9.17) is 5.73 Å². The first-order valence-electron chi connectivity index (χ1n) is 4.87. The summed E-state index contributed by atoms with van der Waals surface area (Å²) >= 11 is 0. The summed E-state index contributed by atoms with van der Waals surface area (Å²) in [4.78, 5) is 0. The van der Waals surface area contributed by atoms with Crippen LogP contribution in [0, 0.1) is 6.92 Å². The predicted octanol–water partition coefficient (Wildman–Crippen LogP) is 2.00. The van der Waals surface area contributed by atoms with Crippen LogP contribution >= 0.6 is 0 Å². The Morgan fingerprint density at radius 3 is 2.92 bits per heavy atom. The van der Waals surface area contributed by atoms with E-state index in [1.165, 1.54) is 24.0 Å². The number of benzene rings is 1. The molecule has 1 fully saturated rings. The number of nitrogens with one attached hydrogen (secondary N) is 1. The Morgan fingerprint density at radius 1 is 1.46 bits per heavy atom. The van der Waals surface area contributed by atoms with E-state index in [-0.39, 0.29) is 0 Å². The maximum absolute atomic E-state index is 5.96. The molecule has 1 saturated heterocycles. The minimum absolute atomic E-state index is 0.487. The van der Waals surface area contributed by atoms with Crippen molar-refractivity contribution in [2.24, 2.45) is 0 Å². The van der Waals surface area contributed by atoms with Crippen LogP contribution in [-0.4, -0.2) is 6.54 Å². The van der Waals surface area contributed by atoms with E-state index in [2.05, 4.69) is 30.4 Å². The third kappa shape index (κ3) is 1.68. The Kier molecular flexibility index (Phi) is 2.23. The second kappa shape index (κ2) is 3.38. The highest BCUT2D eigenvalue weighted by molar-refractivity contribution is 5.50. The standard InChI is InChI=1S/C11H16N2/c1-8-4-5-9(10(12)7-8)11-3-2-6-13-11/h4-5,7,11,13H,2-3,6,12H2,1H3/t11-/m1/s1. The quantitative estimate of drug-likeness (QED) is 0.642. The van der Waals surface area contributed by atoms with Crippen LogP contribution in [0.25, 0.3) is 0 Å². The normalized spacial score (nSPS) is 22.1. The maximum atomic E-state index is 5.96. The Hall–Kier alpha value is -1.02. The molecule has 0 bridgehead atoms. The first kappa shape index (κ1) is 8.57. The van der Waals surface area contributed by atoms with Crippen LogP contribution in [0.1, 0.15) is 30.0 Å². The van der Waals surface area contributed by atoms with Gasteiger partial charge in [0.15, 0.2) is 0 Å². The van der Waals surface area contributed by atoms with Gasteiger partial charge < -0.3 is 11.1 Å². The molecule has 0 spiro atoms. The number of nitrogens with two attached hydrogens (primary N) is 1. The van der Waals surface area contributed by atoms with Crippen LogP contribution < -0.4 is 11.1 Å². The number of hydrogen-bond acceptors (Lipinski definition) is 2. The van der Waals surface area contributed by atoms with Crippen molar-refractivity contribution in [2.45, 2.75) is 25.8 Å². The number of hydrogen-bond donors (Lipinski definition) is 2. The average Bonchev–Trinajstić information content (AvgIpc) is 2.56. The molecule has 1 aromatic rings. The van der Waals surface area contributed by atoms with Crippen LogP contribution in [-0.2, 0) is 0 Å². The summed E-state index contributed by atoms with van der Waals surface area (Å²) in [6.07, 6.45) is 2.48. The highest BCUT2D eigenvalue weighted by Crippen LogP contribution is 2.27. The van der Waals surface area contributed by atoms with E-state index in [1.54, 1.807) is 0 Å². The van der Waals surface area contributed by atoms with E-state index in [9.17, 15) is 0 Å². The lowest BCUT2D eigenvalue weighted by atomic mass is 10.0. The molecule has 0 radical (unpaired) electrons. The van der Waals surface area contributed by atoms with Crippen LogP contribution in [0.3, 0.4) is 0 Å². The third-order valence-electron chi connectivity index (χ3n) is 2.68. The molecule has 1 aromatic carbocycles. The second-order valence-electron chi connectivity index (χ2n) is 3.78. The molecule has 2 heteroatoms. The maximum Gasteiger partial charge on any atom is 0.0365 e. The summed E-state index contributed by atoms with van der Waals surface area (Å²) < 4.78 is 0. The highest BCUT2D eigenvalue weighted by atomic mass is 14.9. The molecule has 13 heavy (non-hydrogen) atoms. The molecule has 1 atom stereocenters. The van der Waals surface area contributed by atoms with Gasteiger partial charge in [-0.05, 0) is 43.5 Å². The number of rotatable bonds is 1. The van der Waals surface area contributed by atoms with Gasteiger partial charge in [0, 0.05) is 11.7 Å². The summed E-state index contributed by atoms with van der Waals surface area (Å²) in [5.74, 6) is 0. The fourth-order valence-electron chi connectivity index (χ4n) is 1.96. The molecule has 2 nitrogen and oxygen atoms in total. The first-order chi connectivity index (χ1) is 6.27. The van der Waals surface area contributed by atoms with Gasteiger partial charge in [-0.25, -0.2) is 0 Å². The number of nitrogen functional groups attached to an aromatic ring is 1. The lowest BCUT2D eigenvalue weighted by Crippen LogP contribution is -2.14. The van der Waals surface area contributed by atoms with Crippen molar-refractivity contribution in [2.75, 3.05) is 12.3 Å². The van der Waals surface area contributed by atoms with Crippen LogP contribution in [0.2, 0.25) is 0 Å². The van der Waals surface area contributed by atoms with E-state index >= 15 is 0 Å². The predicted molar refractivity (Wildman–Crippen MR) is 55.6 cm³/mol. The summed E-state index contributed by atoms with van der Waals surface area (Å²) in [5.41, 5.74) is 9.39. The molecule has 1 heterocycles. The van der Waals surface area contributed by atoms with Crippen molar-refractivity contribution >= 4 is 5.69 Å². The SMILES string of the molecule is Cc1ccc([C@H]2CCCN2)c(N)c1. The molecule has 2 rings (SSSR count). The molecule has 70 valence electrons.